The molecule has 3 nitrogen and oxygen atoms in total. The van der Waals surface area contributed by atoms with Gasteiger partial charge in [-0.05, 0) is 0 Å². The van der Waals surface area contributed by atoms with Crippen LogP contribution in [0, 0.1) is 29.1 Å². The third kappa shape index (κ3) is 2.25. The molecule has 1 atom stereocenters. The maximum absolute atomic E-state index is 13.7. The zero-order valence-corrected chi connectivity index (χ0v) is 9.73. The van der Waals surface area contributed by atoms with E-state index in [4.69, 9.17) is 10.5 Å². The molecule has 0 aromatic heterocycles. The molecule has 2 N–H and O–H groups in total. The maximum atomic E-state index is 13.7. The van der Waals surface area contributed by atoms with Crippen molar-refractivity contribution in [3.8, 4) is 0 Å². The lowest BCUT2D eigenvalue weighted by Crippen LogP contribution is -2.50. The fraction of sp³-hybridized carbons (Fsp3) is 0.455. The minimum atomic E-state index is -2.17. The summed E-state index contributed by atoms with van der Waals surface area (Å²) in [7, 11) is 0. The smallest absolute Gasteiger partial charge is 0.200 e. The first-order valence-electron chi connectivity index (χ1n) is 5.55. The van der Waals surface area contributed by atoms with Crippen molar-refractivity contribution in [1.82, 2.24) is 0 Å². The van der Waals surface area contributed by atoms with Crippen molar-refractivity contribution >= 4 is 5.69 Å². The molecule has 1 aliphatic heterocycles. The van der Waals surface area contributed by atoms with Crippen molar-refractivity contribution in [1.29, 1.82) is 0 Å². The van der Waals surface area contributed by atoms with Crippen molar-refractivity contribution in [2.24, 2.45) is 5.73 Å². The Morgan fingerprint density at radius 2 is 1.53 bits per heavy atom. The van der Waals surface area contributed by atoms with Gasteiger partial charge >= 0.3 is 0 Å². The summed E-state index contributed by atoms with van der Waals surface area (Å²) in [6.45, 7) is 0.158. The molecule has 2 rings (SSSR count). The van der Waals surface area contributed by atoms with Crippen LogP contribution in [0.1, 0.15) is 0 Å². The summed E-state index contributed by atoms with van der Waals surface area (Å²) >= 11 is 0. The van der Waals surface area contributed by atoms with Crippen LogP contribution in [0.2, 0.25) is 0 Å². The van der Waals surface area contributed by atoms with E-state index in [1.165, 1.54) is 0 Å². The summed E-state index contributed by atoms with van der Waals surface area (Å²) in [4.78, 5) is 1.06. The number of hydrogen-bond acceptors (Lipinski definition) is 3. The average Bonchev–Trinajstić information content (AvgIpc) is 2.44. The Morgan fingerprint density at radius 3 is 2.05 bits per heavy atom. The van der Waals surface area contributed by atoms with E-state index in [1.807, 2.05) is 0 Å². The molecule has 0 saturated carbocycles. The van der Waals surface area contributed by atoms with Gasteiger partial charge in [0.1, 0.15) is 5.69 Å². The summed E-state index contributed by atoms with van der Waals surface area (Å²) in [5, 5.41) is 0. The molecule has 1 heterocycles. The second-order valence-electron chi connectivity index (χ2n) is 4.08. The van der Waals surface area contributed by atoms with Gasteiger partial charge in [0.05, 0.1) is 19.3 Å². The van der Waals surface area contributed by atoms with Crippen LogP contribution in [-0.4, -0.2) is 32.3 Å². The highest BCUT2D eigenvalue weighted by Crippen LogP contribution is 2.31. The number of nitrogens with two attached hydrogens (primary N) is 1. The molecule has 0 bridgehead atoms. The number of benzene rings is 1. The summed E-state index contributed by atoms with van der Waals surface area (Å²) in [5.41, 5.74) is 4.46. The molecule has 0 amide bonds. The molecular weight excluding hydrogens is 271 g/mol. The average molecular weight is 282 g/mol. The largest absolute Gasteiger partial charge is 0.377 e. The van der Waals surface area contributed by atoms with Crippen molar-refractivity contribution < 1.29 is 26.7 Å². The molecule has 1 aliphatic rings. The highest BCUT2D eigenvalue weighted by molar-refractivity contribution is 5.52. The molecular formula is C11H11F5N2O. The Balaban J connectivity index is 2.55. The number of nitrogens with zero attached hydrogens (tertiary/aromatic N) is 1. The van der Waals surface area contributed by atoms with E-state index in [2.05, 4.69) is 0 Å². The lowest BCUT2D eigenvalue weighted by molar-refractivity contribution is 0.0952. The standard InChI is InChI=1S/C11H11F5N2O/c12-6-7(13)9(15)11(10(16)8(6)14)18-1-2-19-4-5(18)3-17/h5H,1-4,17H2. The van der Waals surface area contributed by atoms with E-state index in [9.17, 15) is 22.0 Å². The molecule has 19 heavy (non-hydrogen) atoms. The molecule has 8 heteroatoms. The normalized spacial score (nSPS) is 19.9. The molecule has 1 fully saturated rings. The van der Waals surface area contributed by atoms with Crippen molar-refractivity contribution in [3.05, 3.63) is 29.1 Å². The van der Waals surface area contributed by atoms with Gasteiger partial charge < -0.3 is 15.4 Å². The van der Waals surface area contributed by atoms with Gasteiger partial charge in [-0.2, -0.15) is 0 Å². The summed E-state index contributed by atoms with van der Waals surface area (Å²) in [6.07, 6.45) is 0. The molecule has 1 unspecified atom stereocenters. The van der Waals surface area contributed by atoms with E-state index in [1.54, 1.807) is 0 Å². The van der Waals surface area contributed by atoms with Gasteiger partial charge in [0.2, 0.25) is 5.82 Å². The van der Waals surface area contributed by atoms with E-state index >= 15 is 0 Å². The zero-order chi connectivity index (χ0) is 14.2. The fourth-order valence-electron chi connectivity index (χ4n) is 1.99. The van der Waals surface area contributed by atoms with E-state index < -0.39 is 40.8 Å². The van der Waals surface area contributed by atoms with Gasteiger partial charge in [0.15, 0.2) is 23.3 Å². The quantitative estimate of drug-likeness (QED) is 0.508. The van der Waals surface area contributed by atoms with E-state index in [0.29, 0.717) is 0 Å². The van der Waals surface area contributed by atoms with Gasteiger partial charge in [-0.15, -0.1) is 0 Å². The van der Waals surface area contributed by atoms with Crippen molar-refractivity contribution in [3.63, 3.8) is 0 Å². The first-order chi connectivity index (χ1) is 8.99. The Bertz CT molecular complexity index is 467. The van der Waals surface area contributed by atoms with Crippen LogP contribution in [0.15, 0.2) is 0 Å². The van der Waals surface area contributed by atoms with Gasteiger partial charge in [-0.25, -0.2) is 22.0 Å². The second-order valence-corrected chi connectivity index (χ2v) is 4.08. The van der Waals surface area contributed by atoms with Crippen LogP contribution in [0.3, 0.4) is 0 Å². The third-order valence-electron chi connectivity index (χ3n) is 2.97. The highest BCUT2D eigenvalue weighted by Gasteiger charge is 2.33. The predicted octanol–water partition coefficient (Wildman–Crippen LogP) is 1.55. The predicted molar refractivity (Wildman–Crippen MR) is 57.2 cm³/mol. The minimum absolute atomic E-state index is 0.000217. The topological polar surface area (TPSA) is 38.5 Å². The number of halogens is 5. The first kappa shape index (κ1) is 14.0. The first-order valence-corrected chi connectivity index (χ1v) is 5.55. The van der Waals surface area contributed by atoms with Crippen LogP contribution >= 0.6 is 0 Å². The summed E-state index contributed by atoms with van der Waals surface area (Å²) < 4.78 is 71.6. The van der Waals surface area contributed by atoms with Crippen LogP contribution in [0.4, 0.5) is 27.6 Å². The van der Waals surface area contributed by atoms with Gasteiger partial charge in [0.25, 0.3) is 0 Å². The Kier molecular flexibility index (Phi) is 3.91. The van der Waals surface area contributed by atoms with Crippen molar-refractivity contribution in [2.45, 2.75) is 6.04 Å². The van der Waals surface area contributed by atoms with Crippen LogP contribution in [0.5, 0.6) is 0 Å². The monoisotopic (exact) mass is 282 g/mol. The summed E-state index contributed by atoms with van der Waals surface area (Å²) in [6, 6.07) is -0.637. The van der Waals surface area contributed by atoms with Gasteiger partial charge in [0, 0.05) is 13.1 Å². The molecule has 106 valence electrons. The SMILES string of the molecule is NCC1COCCN1c1c(F)c(F)c(F)c(F)c1F. The lowest BCUT2D eigenvalue weighted by atomic mass is 10.1. The third-order valence-corrected chi connectivity index (χ3v) is 2.97. The molecule has 1 aromatic rings. The lowest BCUT2D eigenvalue weighted by Gasteiger charge is -2.37. The molecule has 1 saturated heterocycles. The Labute approximate surface area is 105 Å². The van der Waals surface area contributed by atoms with Crippen molar-refractivity contribution in [2.75, 3.05) is 31.2 Å². The van der Waals surface area contributed by atoms with E-state index in [0.717, 1.165) is 4.90 Å². The number of anilines is 1. The molecule has 1 aromatic carbocycles. The van der Waals surface area contributed by atoms with Gasteiger partial charge in [-0.1, -0.05) is 0 Å². The number of hydrogen-bond donors (Lipinski definition) is 1. The maximum Gasteiger partial charge on any atom is 0.200 e. The summed E-state index contributed by atoms with van der Waals surface area (Å²) in [5.74, 6) is -9.79. The molecule has 0 spiro atoms. The van der Waals surface area contributed by atoms with Crippen LogP contribution < -0.4 is 10.6 Å². The highest BCUT2D eigenvalue weighted by atomic mass is 19.2. The fourth-order valence-corrected chi connectivity index (χ4v) is 1.99. The number of rotatable bonds is 2. The molecule has 0 radical (unpaired) electrons. The second kappa shape index (κ2) is 5.30. The number of morpholine rings is 1. The van der Waals surface area contributed by atoms with Crippen LogP contribution in [-0.2, 0) is 4.74 Å². The van der Waals surface area contributed by atoms with E-state index in [-0.39, 0.29) is 26.3 Å². The zero-order valence-electron chi connectivity index (χ0n) is 9.73. The minimum Gasteiger partial charge on any atom is -0.377 e. The Hall–Kier alpha value is -1.41. The number of ether oxygens (including phenoxy) is 1. The van der Waals surface area contributed by atoms with Crippen LogP contribution in [0.25, 0.3) is 0 Å². The Morgan fingerprint density at radius 1 is 1.00 bits per heavy atom. The molecule has 0 aliphatic carbocycles. The van der Waals surface area contributed by atoms with Gasteiger partial charge in [-0.3, -0.25) is 0 Å².